The highest BCUT2D eigenvalue weighted by Crippen LogP contribution is 2.37. The third-order valence-electron chi connectivity index (χ3n) is 4.27. The molecule has 1 fully saturated rings. The van der Waals surface area contributed by atoms with Gasteiger partial charge in [-0.05, 0) is 38.2 Å². The van der Waals surface area contributed by atoms with Crippen LogP contribution in [0.2, 0.25) is 0 Å². The topological polar surface area (TPSA) is 41.1 Å². The number of nitrogens with one attached hydrogen (secondary N) is 2. The summed E-state index contributed by atoms with van der Waals surface area (Å²) in [5.74, 6) is 0.0333. The summed E-state index contributed by atoms with van der Waals surface area (Å²) in [6, 6.07) is 7.90. The molecule has 1 saturated carbocycles. The molecule has 1 aromatic carbocycles. The van der Waals surface area contributed by atoms with Crippen LogP contribution in [0.25, 0.3) is 0 Å². The summed E-state index contributed by atoms with van der Waals surface area (Å²) in [5.41, 5.74) is 2.06. The minimum Gasteiger partial charge on any atom is -0.325 e. The summed E-state index contributed by atoms with van der Waals surface area (Å²) in [6.07, 6.45) is 8.72. The van der Waals surface area contributed by atoms with Gasteiger partial charge in [0, 0.05) is 17.0 Å². The van der Waals surface area contributed by atoms with Crippen molar-refractivity contribution in [2.24, 2.45) is 0 Å². The summed E-state index contributed by atoms with van der Waals surface area (Å²) >= 11 is 1.96. The van der Waals surface area contributed by atoms with Gasteiger partial charge in [-0.3, -0.25) is 4.79 Å². The number of thioether (sulfide) groups is 1. The van der Waals surface area contributed by atoms with Crippen LogP contribution in [-0.4, -0.2) is 30.0 Å². The van der Waals surface area contributed by atoms with Gasteiger partial charge in [-0.15, -0.1) is 0 Å². The van der Waals surface area contributed by atoms with Crippen LogP contribution in [0.3, 0.4) is 0 Å². The van der Waals surface area contributed by atoms with Gasteiger partial charge in [-0.25, -0.2) is 0 Å². The van der Waals surface area contributed by atoms with E-state index in [1.165, 1.54) is 37.7 Å². The third-order valence-corrected chi connectivity index (χ3v) is 5.68. The van der Waals surface area contributed by atoms with Crippen LogP contribution >= 0.6 is 11.8 Å². The van der Waals surface area contributed by atoms with Crippen molar-refractivity contribution in [3.05, 3.63) is 29.8 Å². The lowest BCUT2D eigenvalue weighted by Crippen LogP contribution is -2.42. The van der Waals surface area contributed by atoms with Gasteiger partial charge in [-0.1, -0.05) is 37.0 Å². The molecule has 2 rings (SSSR count). The minimum absolute atomic E-state index is 0.0333. The van der Waals surface area contributed by atoms with Crippen LogP contribution in [0.1, 0.15) is 37.7 Å². The van der Waals surface area contributed by atoms with E-state index in [2.05, 4.69) is 16.9 Å². The molecule has 0 aromatic heterocycles. The second kappa shape index (κ2) is 7.85. The lowest BCUT2D eigenvalue weighted by atomic mass is 9.88. The van der Waals surface area contributed by atoms with Crippen LogP contribution in [0, 0.1) is 6.92 Å². The van der Waals surface area contributed by atoms with Gasteiger partial charge >= 0.3 is 0 Å². The molecule has 0 spiro atoms. The fourth-order valence-corrected chi connectivity index (χ4v) is 3.84. The average Bonchev–Trinajstić information content (AvgIpc) is 2.50. The first kappa shape index (κ1) is 16.4. The molecule has 1 aliphatic carbocycles. The summed E-state index contributed by atoms with van der Waals surface area (Å²) in [7, 11) is 0. The Hall–Kier alpha value is -1.00. The molecular formula is C17H26N2OS. The molecular weight excluding hydrogens is 280 g/mol. The standard InChI is InChI=1S/C17H26N2OS/c1-14-6-8-15(9-7-14)19-16(20)12-18-13-17(21-2)10-4-3-5-11-17/h6-9,18H,3-5,10-13H2,1-2H3,(H,19,20). The Labute approximate surface area is 132 Å². The van der Waals surface area contributed by atoms with E-state index in [1.807, 2.05) is 43.0 Å². The highest BCUT2D eigenvalue weighted by molar-refractivity contribution is 8.00. The smallest absolute Gasteiger partial charge is 0.238 e. The van der Waals surface area contributed by atoms with Crippen LogP contribution < -0.4 is 10.6 Å². The van der Waals surface area contributed by atoms with Crippen molar-refractivity contribution in [1.82, 2.24) is 5.32 Å². The summed E-state index contributed by atoms with van der Waals surface area (Å²) in [4.78, 5) is 12.0. The quantitative estimate of drug-likeness (QED) is 0.844. The van der Waals surface area contributed by atoms with Crippen molar-refractivity contribution in [2.75, 3.05) is 24.7 Å². The monoisotopic (exact) mass is 306 g/mol. The Bertz CT molecular complexity index is 452. The van der Waals surface area contributed by atoms with E-state index in [9.17, 15) is 4.79 Å². The molecule has 1 aromatic rings. The highest BCUT2D eigenvalue weighted by Gasteiger charge is 2.30. The normalized spacial score (nSPS) is 17.4. The molecule has 4 heteroatoms. The molecule has 1 amide bonds. The number of amides is 1. The Morgan fingerprint density at radius 3 is 2.48 bits per heavy atom. The zero-order valence-electron chi connectivity index (χ0n) is 13.1. The maximum atomic E-state index is 12.0. The number of aryl methyl sites for hydroxylation is 1. The first-order chi connectivity index (χ1) is 10.1. The van der Waals surface area contributed by atoms with E-state index in [1.54, 1.807) is 0 Å². The predicted octanol–water partition coefficient (Wildman–Crippen LogP) is 3.59. The third kappa shape index (κ3) is 5.04. The average molecular weight is 306 g/mol. The molecule has 21 heavy (non-hydrogen) atoms. The molecule has 0 heterocycles. The van der Waals surface area contributed by atoms with Crippen molar-refractivity contribution in [3.63, 3.8) is 0 Å². The first-order valence-corrected chi connectivity index (χ1v) is 8.98. The molecule has 0 bridgehead atoms. The van der Waals surface area contributed by atoms with Crippen molar-refractivity contribution in [2.45, 2.75) is 43.8 Å². The van der Waals surface area contributed by atoms with E-state index >= 15 is 0 Å². The lowest BCUT2D eigenvalue weighted by Gasteiger charge is -2.36. The maximum absolute atomic E-state index is 12.0. The van der Waals surface area contributed by atoms with Crippen LogP contribution in [0.5, 0.6) is 0 Å². The lowest BCUT2D eigenvalue weighted by molar-refractivity contribution is -0.115. The van der Waals surface area contributed by atoms with Crippen LogP contribution in [0.15, 0.2) is 24.3 Å². The minimum atomic E-state index is 0.0333. The molecule has 0 radical (unpaired) electrons. The highest BCUT2D eigenvalue weighted by atomic mass is 32.2. The zero-order valence-corrected chi connectivity index (χ0v) is 13.9. The zero-order chi connectivity index (χ0) is 15.1. The second-order valence-corrected chi connectivity index (χ2v) is 7.24. The fraction of sp³-hybridized carbons (Fsp3) is 0.588. The molecule has 2 N–H and O–H groups in total. The largest absolute Gasteiger partial charge is 0.325 e. The SMILES string of the molecule is CSC1(CNCC(=O)Nc2ccc(C)cc2)CCCCC1. The van der Waals surface area contributed by atoms with E-state index in [4.69, 9.17) is 0 Å². The number of rotatable bonds is 6. The van der Waals surface area contributed by atoms with E-state index < -0.39 is 0 Å². The predicted molar refractivity (Wildman–Crippen MR) is 92.0 cm³/mol. The van der Waals surface area contributed by atoms with E-state index in [-0.39, 0.29) is 5.91 Å². The molecule has 0 aliphatic heterocycles. The fourth-order valence-electron chi connectivity index (χ4n) is 2.90. The second-order valence-electron chi connectivity index (χ2n) is 5.97. The van der Waals surface area contributed by atoms with Gasteiger partial charge in [0.2, 0.25) is 5.91 Å². The van der Waals surface area contributed by atoms with Gasteiger partial charge < -0.3 is 10.6 Å². The van der Waals surface area contributed by atoms with E-state index in [0.717, 1.165) is 12.2 Å². The van der Waals surface area contributed by atoms with Crippen molar-refractivity contribution < 1.29 is 4.79 Å². The molecule has 116 valence electrons. The Balaban J connectivity index is 1.74. The number of hydrogen-bond donors (Lipinski definition) is 2. The molecule has 3 nitrogen and oxygen atoms in total. The van der Waals surface area contributed by atoms with Crippen molar-refractivity contribution in [3.8, 4) is 0 Å². The maximum Gasteiger partial charge on any atom is 0.238 e. The van der Waals surface area contributed by atoms with Crippen LogP contribution in [-0.2, 0) is 4.79 Å². The first-order valence-electron chi connectivity index (χ1n) is 7.76. The summed E-state index contributed by atoms with van der Waals surface area (Å²) in [6.45, 7) is 3.35. The Kier molecular flexibility index (Phi) is 6.12. The van der Waals surface area contributed by atoms with Gasteiger partial charge in [0.05, 0.1) is 6.54 Å². The molecule has 0 saturated heterocycles. The van der Waals surface area contributed by atoms with Crippen molar-refractivity contribution >= 4 is 23.4 Å². The molecule has 0 atom stereocenters. The number of anilines is 1. The number of hydrogen-bond acceptors (Lipinski definition) is 3. The summed E-state index contributed by atoms with van der Waals surface area (Å²) in [5, 5.41) is 6.27. The Morgan fingerprint density at radius 1 is 1.19 bits per heavy atom. The number of carbonyl (C=O) groups excluding carboxylic acids is 1. The van der Waals surface area contributed by atoms with Gasteiger partial charge in [-0.2, -0.15) is 11.8 Å². The Morgan fingerprint density at radius 2 is 1.86 bits per heavy atom. The van der Waals surface area contributed by atoms with Gasteiger partial charge in [0.25, 0.3) is 0 Å². The number of benzene rings is 1. The summed E-state index contributed by atoms with van der Waals surface area (Å²) < 4.78 is 0.336. The molecule has 0 unspecified atom stereocenters. The van der Waals surface area contributed by atoms with E-state index in [0.29, 0.717) is 11.3 Å². The molecule has 1 aliphatic rings. The van der Waals surface area contributed by atoms with Gasteiger partial charge in [0.1, 0.15) is 0 Å². The van der Waals surface area contributed by atoms with Crippen LogP contribution in [0.4, 0.5) is 5.69 Å². The number of carbonyl (C=O) groups is 1. The van der Waals surface area contributed by atoms with Crippen molar-refractivity contribution in [1.29, 1.82) is 0 Å². The van der Waals surface area contributed by atoms with Gasteiger partial charge in [0.15, 0.2) is 0 Å².